The molecule has 3 rings (SSSR count). The van der Waals surface area contributed by atoms with E-state index in [1.165, 1.54) is 5.56 Å². The van der Waals surface area contributed by atoms with E-state index in [1.54, 1.807) is 6.20 Å². The Bertz CT molecular complexity index is 635. The number of piperazine rings is 1. The number of rotatable bonds is 7. The SMILES string of the molecule is CC(NCCn1cccn1)C(=O)N1CCN(Cc2ccccc2)CC1. The van der Waals surface area contributed by atoms with Crippen molar-refractivity contribution >= 4 is 5.91 Å². The molecular weight excluding hydrogens is 314 g/mol. The van der Waals surface area contributed by atoms with Gasteiger partial charge in [-0.1, -0.05) is 30.3 Å². The second-order valence-electron chi connectivity index (χ2n) is 6.53. The zero-order chi connectivity index (χ0) is 17.5. The predicted molar refractivity (Wildman–Crippen MR) is 98.0 cm³/mol. The summed E-state index contributed by atoms with van der Waals surface area (Å²) in [6.07, 6.45) is 3.70. The van der Waals surface area contributed by atoms with Gasteiger partial charge in [0.05, 0.1) is 12.6 Å². The highest BCUT2D eigenvalue weighted by Crippen LogP contribution is 2.09. The summed E-state index contributed by atoms with van der Waals surface area (Å²) in [5.41, 5.74) is 1.33. The highest BCUT2D eigenvalue weighted by molar-refractivity contribution is 5.81. The molecule has 1 unspecified atom stereocenters. The van der Waals surface area contributed by atoms with Gasteiger partial charge in [0.25, 0.3) is 0 Å². The van der Waals surface area contributed by atoms with Crippen molar-refractivity contribution in [3.63, 3.8) is 0 Å². The van der Waals surface area contributed by atoms with Crippen molar-refractivity contribution < 1.29 is 4.79 Å². The van der Waals surface area contributed by atoms with E-state index in [2.05, 4.69) is 39.6 Å². The fraction of sp³-hybridized carbons (Fsp3) is 0.474. The summed E-state index contributed by atoms with van der Waals surface area (Å²) >= 11 is 0. The van der Waals surface area contributed by atoms with Crippen LogP contribution >= 0.6 is 0 Å². The van der Waals surface area contributed by atoms with E-state index in [1.807, 2.05) is 34.8 Å². The molecule has 0 aliphatic carbocycles. The van der Waals surface area contributed by atoms with Gasteiger partial charge in [0, 0.05) is 51.7 Å². The summed E-state index contributed by atoms with van der Waals surface area (Å²) in [6, 6.07) is 12.3. The average Bonchev–Trinajstić information content (AvgIpc) is 3.16. The van der Waals surface area contributed by atoms with Crippen LogP contribution in [-0.4, -0.2) is 64.3 Å². The molecule has 1 N–H and O–H groups in total. The maximum Gasteiger partial charge on any atom is 0.239 e. The third-order valence-electron chi connectivity index (χ3n) is 4.65. The lowest BCUT2D eigenvalue weighted by atomic mass is 10.2. The molecule has 1 atom stereocenters. The maximum atomic E-state index is 12.6. The Labute approximate surface area is 149 Å². The topological polar surface area (TPSA) is 53.4 Å². The molecule has 6 heteroatoms. The van der Waals surface area contributed by atoms with Crippen LogP contribution in [0.15, 0.2) is 48.8 Å². The molecule has 1 aliphatic heterocycles. The summed E-state index contributed by atoms with van der Waals surface area (Å²) in [6.45, 7) is 7.88. The van der Waals surface area contributed by atoms with Crippen LogP contribution in [0.25, 0.3) is 0 Å². The van der Waals surface area contributed by atoms with Crippen molar-refractivity contribution in [1.82, 2.24) is 24.9 Å². The molecule has 1 aromatic heterocycles. The molecular formula is C19H27N5O. The van der Waals surface area contributed by atoms with Gasteiger partial charge in [0.2, 0.25) is 5.91 Å². The van der Waals surface area contributed by atoms with Crippen LogP contribution in [0, 0.1) is 0 Å². The summed E-state index contributed by atoms with van der Waals surface area (Å²) in [7, 11) is 0. The van der Waals surface area contributed by atoms with Gasteiger partial charge in [0.15, 0.2) is 0 Å². The third kappa shape index (κ3) is 5.14. The van der Waals surface area contributed by atoms with Crippen LogP contribution in [0.3, 0.4) is 0 Å². The smallest absolute Gasteiger partial charge is 0.239 e. The van der Waals surface area contributed by atoms with Crippen LogP contribution in [0.4, 0.5) is 0 Å². The molecule has 25 heavy (non-hydrogen) atoms. The molecule has 1 fully saturated rings. The first kappa shape index (κ1) is 17.6. The lowest BCUT2D eigenvalue weighted by molar-refractivity contribution is -0.134. The second kappa shape index (κ2) is 8.78. The largest absolute Gasteiger partial charge is 0.339 e. The molecule has 6 nitrogen and oxygen atoms in total. The molecule has 2 aromatic rings. The van der Waals surface area contributed by atoms with E-state index in [9.17, 15) is 4.79 Å². The van der Waals surface area contributed by atoms with Gasteiger partial charge < -0.3 is 10.2 Å². The first-order valence-electron chi connectivity index (χ1n) is 8.98. The lowest BCUT2D eigenvalue weighted by Gasteiger charge is -2.36. The maximum absolute atomic E-state index is 12.6. The first-order chi connectivity index (χ1) is 12.2. The summed E-state index contributed by atoms with van der Waals surface area (Å²) in [5.74, 6) is 0.194. The summed E-state index contributed by atoms with van der Waals surface area (Å²) < 4.78 is 1.87. The fourth-order valence-corrected chi connectivity index (χ4v) is 3.16. The fourth-order valence-electron chi connectivity index (χ4n) is 3.16. The van der Waals surface area contributed by atoms with Crippen LogP contribution in [0.5, 0.6) is 0 Å². The zero-order valence-electron chi connectivity index (χ0n) is 14.8. The van der Waals surface area contributed by atoms with Gasteiger partial charge >= 0.3 is 0 Å². The third-order valence-corrected chi connectivity index (χ3v) is 4.65. The Morgan fingerprint density at radius 3 is 2.60 bits per heavy atom. The number of aromatic nitrogens is 2. The molecule has 0 radical (unpaired) electrons. The molecule has 0 bridgehead atoms. The Morgan fingerprint density at radius 2 is 1.92 bits per heavy atom. The van der Waals surface area contributed by atoms with E-state index in [4.69, 9.17) is 0 Å². The highest BCUT2D eigenvalue weighted by Gasteiger charge is 2.24. The summed E-state index contributed by atoms with van der Waals surface area (Å²) in [4.78, 5) is 17.0. The molecule has 134 valence electrons. The second-order valence-corrected chi connectivity index (χ2v) is 6.53. The number of carbonyl (C=O) groups is 1. The highest BCUT2D eigenvalue weighted by atomic mass is 16.2. The average molecular weight is 341 g/mol. The van der Waals surface area contributed by atoms with Gasteiger partial charge in [-0.2, -0.15) is 5.10 Å². The summed E-state index contributed by atoms with van der Waals surface area (Å²) in [5, 5.41) is 7.47. The number of nitrogens with one attached hydrogen (secondary N) is 1. The van der Waals surface area contributed by atoms with Gasteiger partial charge in [0.1, 0.15) is 0 Å². The Morgan fingerprint density at radius 1 is 1.16 bits per heavy atom. The monoisotopic (exact) mass is 341 g/mol. The van der Waals surface area contributed by atoms with Crippen LogP contribution in [0.1, 0.15) is 12.5 Å². The minimum Gasteiger partial charge on any atom is -0.339 e. The van der Waals surface area contributed by atoms with Gasteiger partial charge in [-0.25, -0.2) is 0 Å². The standard InChI is InChI=1S/C19H27N5O/c1-17(20-9-11-24-10-5-8-21-24)19(25)23-14-12-22(13-15-23)16-18-6-3-2-4-7-18/h2-8,10,17,20H,9,11-16H2,1H3. The van der Waals surface area contributed by atoms with E-state index < -0.39 is 0 Å². The zero-order valence-corrected chi connectivity index (χ0v) is 14.8. The van der Waals surface area contributed by atoms with Crippen molar-refractivity contribution in [2.24, 2.45) is 0 Å². The molecule has 0 spiro atoms. The van der Waals surface area contributed by atoms with Crippen LogP contribution in [-0.2, 0) is 17.9 Å². The van der Waals surface area contributed by atoms with E-state index in [0.717, 1.165) is 45.8 Å². The van der Waals surface area contributed by atoms with Crippen molar-refractivity contribution in [3.05, 3.63) is 54.4 Å². The molecule has 1 saturated heterocycles. The van der Waals surface area contributed by atoms with Crippen molar-refractivity contribution in [3.8, 4) is 0 Å². The van der Waals surface area contributed by atoms with E-state index >= 15 is 0 Å². The molecule has 0 saturated carbocycles. The molecule has 2 heterocycles. The number of carbonyl (C=O) groups excluding carboxylic acids is 1. The number of amides is 1. The molecule has 1 aromatic carbocycles. The van der Waals surface area contributed by atoms with Crippen molar-refractivity contribution in [2.75, 3.05) is 32.7 Å². The normalized spacial score (nSPS) is 16.8. The first-order valence-corrected chi connectivity index (χ1v) is 8.98. The number of hydrogen-bond acceptors (Lipinski definition) is 4. The number of hydrogen-bond donors (Lipinski definition) is 1. The van der Waals surface area contributed by atoms with Crippen LogP contribution in [0.2, 0.25) is 0 Å². The Balaban J connectivity index is 1.38. The minimum absolute atomic E-state index is 0.156. The molecule has 1 aliphatic rings. The number of benzene rings is 1. The minimum atomic E-state index is -0.156. The van der Waals surface area contributed by atoms with Gasteiger partial charge in [-0.15, -0.1) is 0 Å². The van der Waals surface area contributed by atoms with Crippen molar-refractivity contribution in [2.45, 2.75) is 26.1 Å². The number of nitrogens with zero attached hydrogens (tertiary/aromatic N) is 4. The van der Waals surface area contributed by atoms with E-state index in [-0.39, 0.29) is 11.9 Å². The van der Waals surface area contributed by atoms with E-state index in [0.29, 0.717) is 0 Å². The van der Waals surface area contributed by atoms with Gasteiger partial charge in [-0.05, 0) is 18.6 Å². The van der Waals surface area contributed by atoms with Gasteiger partial charge in [-0.3, -0.25) is 14.4 Å². The Kier molecular flexibility index (Phi) is 6.19. The lowest BCUT2D eigenvalue weighted by Crippen LogP contribution is -2.53. The van der Waals surface area contributed by atoms with Crippen LogP contribution < -0.4 is 5.32 Å². The predicted octanol–water partition coefficient (Wildman–Crippen LogP) is 1.21. The van der Waals surface area contributed by atoms with Crippen molar-refractivity contribution in [1.29, 1.82) is 0 Å². The Hall–Kier alpha value is -2.18. The molecule has 1 amide bonds. The quantitative estimate of drug-likeness (QED) is 0.822.